The van der Waals surface area contributed by atoms with E-state index >= 15 is 0 Å². The third-order valence-electron chi connectivity index (χ3n) is 5.19. The molecule has 0 bridgehead atoms. The Kier molecular flexibility index (Phi) is 6.34. The molecule has 3 aromatic carbocycles. The number of ether oxygens (including phenoxy) is 1. The minimum atomic E-state index is -1.05. The number of amides is 1. The third kappa shape index (κ3) is 4.17. The van der Waals surface area contributed by atoms with E-state index in [1.54, 1.807) is 18.2 Å². The van der Waals surface area contributed by atoms with E-state index in [0.717, 1.165) is 0 Å². The largest absolute Gasteiger partial charge is 0.507 e. The summed E-state index contributed by atoms with van der Waals surface area (Å²) in [7, 11) is 1.39. The van der Waals surface area contributed by atoms with Crippen LogP contribution in [-0.4, -0.2) is 23.9 Å². The van der Waals surface area contributed by atoms with Crippen molar-refractivity contribution in [3.8, 4) is 5.75 Å². The highest BCUT2D eigenvalue weighted by Gasteiger charge is 2.47. The maximum Gasteiger partial charge on any atom is 0.300 e. The molecule has 1 amide bonds. The Morgan fingerprint density at radius 2 is 1.64 bits per heavy atom. The summed E-state index contributed by atoms with van der Waals surface area (Å²) >= 11 is 18.5. The molecule has 1 fully saturated rings. The van der Waals surface area contributed by atoms with Crippen LogP contribution >= 0.6 is 34.8 Å². The van der Waals surface area contributed by atoms with Crippen LogP contribution in [-0.2, 0) is 9.59 Å². The van der Waals surface area contributed by atoms with Gasteiger partial charge in [0.15, 0.2) is 5.75 Å². The normalized spacial score (nSPS) is 17.5. The van der Waals surface area contributed by atoms with Crippen LogP contribution in [0.3, 0.4) is 0 Å². The molecule has 4 rings (SSSR count). The van der Waals surface area contributed by atoms with Gasteiger partial charge < -0.3 is 9.84 Å². The van der Waals surface area contributed by atoms with Gasteiger partial charge in [0.05, 0.1) is 28.8 Å². The Morgan fingerprint density at radius 3 is 2.21 bits per heavy atom. The Morgan fingerprint density at radius 1 is 1.00 bits per heavy atom. The number of carbonyl (C=O) groups excluding carboxylic acids is 2. The SMILES string of the molecule is COc1c(Cl)cc(/C(O)=C2\C(=O)C(=O)N(c3cccc(Cl)c3)C2c2ccc(F)cc2)cc1Cl. The van der Waals surface area contributed by atoms with Gasteiger partial charge in [-0.3, -0.25) is 14.5 Å². The molecule has 0 aromatic heterocycles. The molecule has 33 heavy (non-hydrogen) atoms. The molecule has 0 aliphatic carbocycles. The van der Waals surface area contributed by atoms with Crippen molar-refractivity contribution in [2.75, 3.05) is 12.0 Å². The molecule has 0 saturated carbocycles. The first-order chi connectivity index (χ1) is 15.7. The standard InChI is InChI=1S/C24H15Cl3FNO4/c1-33-23-17(26)9-13(10-18(23)27)21(30)19-20(12-5-7-15(28)8-6-12)29(24(32)22(19)31)16-4-2-3-14(25)11-16/h2-11,20,30H,1H3/b21-19+. The van der Waals surface area contributed by atoms with Crippen molar-refractivity contribution in [1.29, 1.82) is 0 Å². The second-order valence-electron chi connectivity index (χ2n) is 7.17. The van der Waals surface area contributed by atoms with Crippen LogP contribution in [0, 0.1) is 5.82 Å². The van der Waals surface area contributed by atoms with Gasteiger partial charge in [-0.05, 0) is 48.0 Å². The highest BCUT2D eigenvalue weighted by Crippen LogP contribution is 2.44. The van der Waals surface area contributed by atoms with Crippen molar-refractivity contribution in [1.82, 2.24) is 0 Å². The fourth-order valence-electron chi connectivity index (χ4n) is 3.73. The number of Topliss-reactive ketones (excluding diaryl/α,β-unsaturated/α-hetero) is 1. The van der Waals surface area contributed by atoms with Gasteiger partial charge in [-0.2, -0.15) is 0 Å². The van der Waals surface area contributed by atoms with E-state index in [-0.39, 0.29) is 26.9 Å². The van der Waals surface area contributed by atoms with Crippen molar-refractivity contribution in [2.24, 2.45) is 0 Å². The Bertz CT molecular complexity index is 1280. The summed E-state index contributed by atoms with van der Waals surface area (Å²) in [5.74, 6) is -2.58. The monoisotopic (exact) mass is 505 g/mol. The molecule has 1 heterocycles. The third-order valence-corrected chi connectivity index (χ3v) is 5.99. The Balaban J connectivity index is 1.96. The van der Waals surface area contributed by atoms with E-state index < -0.39 is 29.3 Å². The Hall–Kier alpha value is -3.06. The topological polar surface area (TPSA) is 66.8 Å². The van der Waals surface area contributed by atoms with Gasteiger partial charge in [-0.1, -0.05) is 53.0 Å². The molecule has 1 unspecified atom stereocenters. The van der Waals surface area contributed by atoms with Gasteiger partial charge in [0.25, 0.3) is 11.7 Å². The van der Waals surface area contributed by atoms with Crippen LogP contribution < -0.4 is 9.64 Å². The molecule has 1 aliphatic rings. The number of nitrogens with zero attached hydrogens (tertiary/aromatic N) is 1. The van der Waals surface area contributed by atoms with Crippen molar-refractivity contribution in [3.05, 3.63) is 98.2 Å². The zero-order valence-corrected chi connectivity index (χ0v) is 19.2. The molecular weight excluding hydrogens is 492 g/mol. The summed E-state index contributed by atoms with van der Waals surface area (Å²) in [5.41, 5.74) is 0.650. The van der Waals surface area contributed by atoms with Crippen LogP contribution in [0.1, 0.15) is 17.2 Å². The van der Waals surface area contributed by atoms with Gasteiger partial charge >= 0.3 is 0 Å². The van der Waals surface area contributed by atoms with Gasteiger partial charge in [0.1, 0.15) is 11.6 Å². The number of methoxy groups -OCH3 is 1. The minimum Gasteiger partial charge on any atom is -0.507 e. The smallest absolute Gasteiger partial charge is 0.300 e. The molecule has 1 N–H and O–H groups in total. The van der Waals surface area contributed by atoms with Crippen LogP contribution in [0.25, 0.3) is 5.76 Å². The lowest BCUT2D eigenvalue weighted by Crippen LogP contribution is -2.29. The number of hydrogen-bond donors (Lipinski definition) is 1. The maximum atomic E-state index is 13.6. The second-order valence-corrected chi connectivity index (χ2v) is 8.42. The molecule has 1 atom stereocenters. The number of anilines is 1. The summed E-state index contributed by atoms with van der Waals surface area (Å²) < 4.78 is 18.7. The summed E-state index contributed by atoms with van der Waals surface area (Å²) in [6.45, 7) is 0. The van der Waals surface area contributed by atoms with Crippen LogP contribution in [0.4, 0.5) is 10.1 Å². The van der Waals surface area contributed by atoms with Crippen molar-refractivity contribution in [2.45, 2.75) is 6.04 Å². The lowest BCUT2D eigenvalue weighted by Gasteiger charge is -2.25. The lowest BCUT2D eigenvalue weighted by molar-refractivity contribution is -0.132. The minimum absolute atomic E-state index is 0.106. The van der Waals surface area contributed by atoms with E-state index in [1.165, 1.54) is 54.5 Å². The molecule has 0 radical (unpaired) electrons. The summed E-state index contributed by atoms with van der Waals surface area (Å²) in [5, 5.41) is 11.7. The number of carbonyl (C=O) groups is 2. The number of halogens is 4. The van der Waals surface area contributed by atoms with E-state index in [1.807, 2.05) is 0 Å². The molecule has 1 aliphatic heterocycles. The molecule has 0 spiro atoms. The molecule has 5 nitrogen and oxygen atoms in total. The van der Waals surface area contributed by atoms with E-state index in [9.17, 15) is 19.1 Å². The van der Waals surface area contributed by atoms with Gasteiger partial charge in [-0.15, -0.1) is 0 Å². The quantitative estimate of drug-likeness (QED) is 0.252. The predicted octanol–water partition coefficient (Wildman–Crippen LogP) is 6.42. The second kappa shape index (κ2) is 9.06. The summed E-state index contributed by atoms with van der Waals surface area (Å²) in [6, 6.07) is 13.3. The molecule has 1 saturated heterocycles. The van der Waals surface area contributed by atoms with Crippen LogP contribution in [0.2, 0.25) is 15.1 Å². The number of aliphatic hydroxyl groups excluding tert-OH is 1. The average molecular weight is 507 g/mol. The van der Waals surface area contributed by atoms with Crippen molar-refractivity contribution < 1.29 is 23.8 Å². The maximum absolute atomic E-state index is 13.6. The average Bonchev–Trinajstić information content (AvgIpc) is 3.04. The zero-order valence-electron chi connectivity index (χ0n) is 17.0. The number of hydrogen-bond acceptors (Lipinski definition) is 4. The fraction of sp³-hybridized carbons (Fsp3) is 0.0833. The molecular formula is C24H15Cl3FNO4. The van der Waals surface area contributed by atoms with Gasteiger partial charge in [0.2, 0.25) is 0 Å². The predicted molar refractivity (Wildman–Crippen MR) is 126 cm³/mol. The number of aliphatic hydroxyl groups is 1. The first-order valence-electron chi connectivity index (χ1n) is 9.58. The van der Waals surface area contributed by atoms with E-state index in [0.29, 0.717) is 16.3 Å². The van der Waals surface area contributed by atoms with Crippen molar-refractivity contribution >= 4 is 57.9 Å². The van der Waals surface area contributed by atoms with Gasteiger partial charge in [-0.25, -0.2) is 4.39 Å². The zero-order chi connectivity index (χ0) is 23.9. The summed E-state index contributed by atoms with van der Waals surface area (Å²) in [6.07, 6.45) is 0. The highest BCUT2D eigenvalue weighted by atomic mass is 35.5. The molecule has 9 heteroatoms. The van der Waals surface area contributed by atoms with Gasteiger partial charge in [0, 0.05) is 16.3 Å². The van der Waals surface area contributed by atoms with Crippen LogP contribution in [0.5, 0.6) is 5.75 Å². The summed E-state index contributed by atoms with van der Waals surface area (Å²) in [4.78, 5) is 27.4. The Labute approximate surface area is 203 Å². The van der Waals surface area contributed by atoms with Crippen LogP contribution in [0.15, 0.2) is 66.2 Å². The van der Waals surface area contributed by atoms with Crippen molar-refractivity contribution in [3.63, 3.8) is 0 Å². The van der Waals surface area contributed by atoms with E-state index in [2.05, 4.69) is 0 Å². The number of benzene rings is 3. The number of rotatable bonds is 4. The first-order valence-corrected chi connectivity index (χ1v) is 10.7. The molecule has 3 aromatic rings. The fourth-order valence-corrected chi connectivity index (χ4v) is 4.56. The lowest BCUT2D eigenvalue weighted by atomic mass is 9.95. The number of ketones is 1. The first kappa shape index (κ1) is 23.1. The van der Waals surface area contributed by atoms with E-state index in [4.69, 9.17) is 39.5 Å². The molecule has 168 valence electrons. The highest BCUT2D eigenvalue weighted by molar-refractivity contribution is 6.52.